The van der Waals surface area contributed by atoms with E-state index >= 15 is 0 Å². The molecule has 1 aliphatic rings. The van der Waals surface area contributed by atoms with Crippen LogP contribution in [-0.4, -0.2) is 35.8 Å². The summed E-state index contributed by atoms with van der Waals surface area (Å²) in [7, 11) is 0. The second kappa shape index (κ2) is 5.88. The third-order valence-corrected chi connectivity index (χ3v) is 2.83. The molecule has 1 atom stereocenters. The number of nitrogens with one attached hydrogen (secondary N) is 2. The maximum Gasteiger partial charge on any atom is 0.0921 e. The Morgan fingerprint density at radius 2 is 2.47 bits per heavy atom. The fraction of sp³-hybridized carbons (Fsp3) is 0.727. The minimum absolute atomic E-state index is 0.635. The topological polar surface area (TPSA) is 49.9 Å². The van der Waals surface area contributed by atoms with Gasteiger partial charge in [0.2, 0.25) is 0 Å². The number of hydrogen-bond donors (Lipinski definition) is 2. The molecule has 0 spiro atoms. The lowest BCUT2D eigenvalue weighted by molar-refractivity contribution is 0.142. The van der Waals surface area contributed by atoms with Crippen LogP contribution in [0.1, 0.15) is 25.0 Å². The fourth-order valence-electron chi connectivity index (χ4n) is 1.94. The number of ether oxygens (including phenoxy) is 1. The van der Waals surface area contributed by atoms with Gasteiger partial charge in [0.15, 0.2) is 0 Å². The highest BCUT2D eigenvalue weighted by Crippen LogP contribution is 2.07. The number of H-pyrrole nitrogens is 1. The number of rotatable bonds is 4. The van der Waals surface area contributed by atoms with Crippen molar-refractivity contribution in [2.75, 3.05) is 19.8 Å². The molecule has 1 aromatic rings. The fourth-order valence-corrected chi connectivity index (χ4v) is 1.94. The molecule has 1 aromatic heterocycles. The molecule has 1 aliphatic heterocycles. The van der Waals surface area contributed by atoms with Crippen molar-refractivity contribution < 1.29 is 4.74 Å². The van der Waals surface area contributed by atoms with Crippen LogP contribution in [0.2, 0.25) is 0 Å². The molecule has 0 aliphatic carbocycles. The summed E-state index contributed by atoms with van der Waals surface area (Å²) in [5, 5.41) is 3.57. The Hall–Kier alpha value is -0.870. The Bertz CT molecular complexity index is 253. The minimum Gasteiger partial charge on any atom is -0.381 e. The van der Waals surface area contributed by atoms with E-state index in [2.05, 4.69) is 15.3 Å². The Balaban J connectivity index is 1.64. The van der Waals surface area contributed by atoms with Gasteiger partial charge in [-0.25, -0.2) is 4.98 Å². The summed E-state index contributed by atoms with van der Waals surface area (Å²) < 4.78 is 5.42. The molecule has 0 bridgehead atoms. The van der Waals surface area contributed by atoms with E-state index in [0.29, 0.717) is 6.04 Å². The number of aromatic nitrogens is 2. The van der Waals surface area contributed by atoms with E-state index in [1.807, 2.05) is 6.20 Å². The number of aromatic amines is 1. The molecule has 0 saturated carbocycles. The molecule has 0 radical (unpaired) electrons. The second-order valence-electron chi connectivity index (χ2n) is 4.02. The van der Waals surface area contributed by atoms with Crippen LogP contribution in [0.4, 0.5) is 0 Å². The molecular weight excluding hydrogens is 190 g/mol. The van der Waals surface area contributed by atoms with E-state index in [0.717, 1.165) is 32.6 Å². The van der Waals surface area contributed by atoms with Gasteiger partial charge >= 0.3 is 0 Å². The maximum absolute atomic E-state index is 5.42. The van der Waals surface area contributed by atoms with Crippen molar-refractivity contribution in [3.8, 4) is 0 Å². The molecule has 4 nitrogen and oxygen atoms in total. The van der Waals surface area contributed by atoms with Gasteiger partial charge in [-0.1, -0.05) is 0 Å². The number of imidazole rings is 1. The average Bonchev–Trinajstić information content (AvgIpc) is 2.62. The first kappa shape index (κ1) is 10.6. The van der Waals surface area contributed by atoms with Gasteiger partial charge in [0.1, 0.15) is 0 Å². The van der Waals surface area contributed by atoms with E-state index < -0.39 is 0 Å². The molecule has 0 aromatic carbocycles. The smallest absolute Gasteiger partial charge is 0.0921 e. The lowest BCUT2D eigenvalue weighted by Gasteiger charge is -2.14. The predicted molar refractivity (Wildman–Crippen MR) is 58.8 cm³/mol. The van der Waals surface area contributed by atoms with E-state index in [-0.39, 0.29) is 0 Å². The molecule has 2 N–H and O–H groups in total. The van der Waals surface area contributed by atoms with E-state index in [4.69, 9.17) is 4.74 Å². The highest BCUT2D eigenvalue weighted by atomic mass is 16.5. The number of nitrogens with zero attached hydrogens (tertiary/aromatic N) is 1. The van der Waals surface area contributed by atoms with Crippen molar-refractivity contribution in [2.45, 2.75) is 31.7 Å². The summed E-state index contributed by atoms with van der Waals surface area (Å²) in [4.78, 5) is 7.11. The van der Waals surface area contributed by atoms with Crippen molar-refractivity contribution in [3.63, 3.8) is 0 Å². The molecule has 15 heavy (non-hydrogen) atoms. The molecule has 4 heteroatoms. The van der Waals surface area contributed by atoms with Gasteiger partial charge in [0, 0.05) is 44.1 Å². The Labute approximate surface area is 90.4 Å². The largest absolute Gasteiger partial charge is 0.381 e. The Morgan fingerprint density at radius 1 is 1.47 bits per heavy atom. The van der Waals surface area contributed by atoms with Crippen LogP contribution in [0.3, 0.4) is 0 Å². The van der Waals surface area contributed by atoms with Gasteiger partial charge in [-0.15, -0.1) is 0 Å². The van der Waals surface area contributed by atoms with Gasteiger partial charge in [-0.2, -0.15) is 0 Å². The van der Waals surface area contributed by atoms with E-state index in [1.54, 1.807) is 6.33 Å². The predicted octanol–water partition coefficient (Wildman–Crippen LogP) is 1.11. The first-order chi connectivity index (χ1) is 7.45. The lowest BCUT2D eigenvalue weighted by atomic mass is 10.1. The first-order valence-electron chi connectivity index (χ1n) is 5.73. The second-order valence-corrected chi connectivity index (χ2v) is 4.02. The molecule has 2 rings (SSSR count). The van der Waals surface area contributed by atoms with Crippen LogP contribution < -0.4 is 5.32 Å². The third-order valence-electron chi connectivity index (χ3n) is 2.83. The van der Waals surface area contributed by atoms with Crippen molar-refractivity contribution >= 4 is 0 Å². The van der Waals surface area contributed by atoms with Gasteiger partial charge in [-0.3, -0.25) is 0 Å². The van der Waals surface area contributed by atoms with E-state index in [1.165, 1.54) is 18.5 Å². The molecular formula is C11H19N3O. The first-order valence-corrected chi connectivity index (χ1v) is 5.73. The normalized spacial score (nSPS) is 22.5. The van der Waals surface area contributed by atoms with Crippen LogP contribution in [0, 0.1) is 0 Å². The Kier molecular flexibility index (Phi) is 4.17. The van der Waals surface area contributed by atoms with Crippen molar-refractivity contribution in [3.05, 3.63) is 18.2 Å². The van der Waals surface area contributed by atoms with Gasteiger partial charge in [0.05, 0.1) is 6.33 Å². The van der Waals surface area contributed by atoms with Crippen LogP contribution >= 0.6 is 0 Å². The zero-order valence-corrected chi connectivity index (χ0v) is 9.04. The summed E-state index contributed by atoms with van der Waals surface area (Å²) in [6.07, 6.45) is 8.21. The van der Waals surface area contributed by atoms with Gasteiger partial charge < -0.3 is 15.0 Å². The monoisotopic (exact) mass is 209 g/mol. The zero-order valence-electron chi connectivity index (χ0n) is 9.04. The standard InChI is InChI=1S/C11H19N3O/c1-2-10(4-7-15-6-1)13-5-3-11-8-12-9-14-11/h8-10,13H,1-7H2,(H,12,14). The summed E-state index contributed by atoms with van der Waals surface area (Å²) in [5.41, 5.74) is 1.20. The maximum atomic E-state index is 5.42. The molecule has 84 valence electrons. The summed E-state index contributed by atoms with van der Waals surface area (Å²) in [6.45, 7) is 2.85. The van der Waals surface area contributed by atoms with Crippen molar-refractivity contribution in [2.24, 2.45) is 0 Å². The van der Waals surface area contributed by atoms with Gasteiger partial charge in [-0.05, 0) is 19.3 Å². The Morgan fingerprint density at radius 3 is 3.33 bits per heavy atom. The third kappa shape index (κ3) is 3.64. The molecule has 0 amide bonds. The van der Waals surface area contributed by atoms with Crippen molar-refractivity contribution in [1.82, 2.24) is 15.3 Å². The van der Waals surface area contributed by atoms with Gasteiger partial charge in [0.25, 0.3) is 0 Å². The molecule has 2 heterocycles. The quantitative estimate of drug-likeness (QED) is 0.781. The highest BCUT2D eigenvalue weighted by molar-refractivity contribution is 4.94. The summed E-state index contributed by atoms with van der Waals surface area (Å²) in [6, 6.07) is 0.635. The lowest BCUT2D eigenvalue weighted by Crippen LogP contribution is -2.31. The zero-order chi connectivity index (χ0) is 10.3. The van der Waals surface area contributed by atoms with Crippen molar-refractivity contribution in [1.29, 1.82) is 0 Å². The van der Waals surface area contributed by atoms with Crippen LogP contribution in [0.5, 0.6) is 0 Å². The van der Waals surface area contributed by atoms with Crippen LogP contribution in [-0.2, 0) is 11.2 Å². The average molecular weight is 209 g/mol. The van der Waals surface area contributed by atoms with E-state index in [9.17, 15) is 0 Å². The summed E-state index contributed by atoms with van der Waals surface area (Å²) >= 11 is 0. The van der Waals surface area contributed by atoms with Crippen LogP contribution in [0.15, 0.2) is 12.5 Å². The minimum atomic E-state index is 0.635. The number of hydrogen-bond acceptors (Lipinski definition) is 3. The summed E-state index contributed by atoms with van der Waals surface area (Å²) in [5.74, 6) is 0. The molecule has 1 fully saturated rings. The SMILES string of the molecule is c1ncc(CCNC2CCCOCC2)[nH]1. The van der Waals surface area contributed by atoms with Crippen LogP contribution in [0.25, 0.3) is 0 Å². The highest BCUT2D eigenvalue weighted by Gasteiger charge is 2.10. The molecule has 1 unspecified atom stereocenters. The molecule has 1 saturated heterocycles.